The number of allylic oxidation sites excluding steroid dienone is 1. The standard InChI is InChI=1S/C17H21NO/c1-5-16(14-18(3)4)17(19-6-2)13-12-15-10-8-7-9-11-15/h5,7-11H,1,6,14H2,2-4H3/b17-16+. The predicted molar refractivity (Wildman–Crippen MR) is 80.7 cm³/mol. The number of likely N-dealkylation sites (N-methyl/N-ethyl adjacent to an activating group) is 1. The lowest BCUT2D eigenvalue weighted by Gasteiger charge is -2.13. The molecule has 0 N–H and O–H groups in total. The Morgan fingerprint density at radius 3 is 2.53 bits per heavy atom. The van der Waals surface area contributed by atoms with Crippen LogP contribution < -0.4 is 0 Å². The van der Waals surface area contributed by atoms with E-state index >= 15 is 0 Å². The highest BCUT2D eigenvalue weighted by molar-refractivity contribution is 5.42. The second-order valence-electron chi connectivity index (χ2n) is 4.35. The van der Waals surface area contributed by atoms with Crippen LogP contribution in [0.4, 0.5) is 0 Å². The number of nitrogens with zero attached hydrogens (tertiary/aromatic N) is 1. The number of hydrogen-bond acceptors (Lipinski definition) is 2. The predicted octanol–water partition coefficient (Wildman–Crippen LogP) is 3.08. The maximum atomic E-state index is 5.63. The zero-order valence-electron chi connectivity index (χ0n) is 11.9. The molecule has 0 spiro atoms. The molecule has 0 saturated heterocycles. The second-order valence-corrected chi connectivity index (χ2v) is 4.35. The van der Waals surface area contributed by atoms with Gasteiger partial charge in [0.2, 0.25) is 0 Å². The summed E-state index contributed by atoms with van der Waals surface area (Å²) in [6, 6.07) is 9.89. The van der Waals surface area contributed by atoms with Crippen molar-refractivity contribution in [3.63, 3.8) is 0 Å². The van der Waals surface area contributed by atoms with E-state index in [0.717, 1.165) is 17.7 Å². The van der Waals surface area contributed by atoms with E-state index < -0.39 is 0 Å². The van der Waals surface area contributed by atoms with E-state index in [-0.39, 0.29) is 0 Å². The molecule has 0 aliphatic carbocycles. The molecule has 2 heteroatoms. The Hall–Kier alpha value is -1.98. The third-order valence-corrected chi connectivity index (χ3v) is 2.41. The van der Waals surface area contributed by atoms with E-state index in [2.05, 4.69) is 23.3 Å². The molecule has 0 amide bonds. The molecular formula is C17H21NO. The first-order valence-corrected chi connectivity index (χ1v) is 6.37. The Morgan fingerprint density at radius 2 is 2.00 bits per heavy atom. The summed E-state index contributed by atoms with van der Waals surface area (Å²) in [6.07, 6.45) is 1.81. The van der Waals surface area contributed by atoms with E-state index in [0.29, 0.717) is 12.4 Å². The fourth-order valence-electron chi connectivity index (χ4n) is 1.57. The second kappa shape index (κ2) is 8.18. The van der Waals surface area contributed by atoms with Crippen molar-refractivity contribution in [3.05, 3.63) is 59.9 Å². The molecule has 0 aromatic heterocycles. The molecule has 1 rings (SSSR count). The van der Waals surface area contributed by atoms with Crippen LogP contribution in [0, 0.1) is 11.8 Å². The molecule has 1 aromatic rings. The first-order valence-electron chi connectivity index (χ1n) is 6.37. The van der Waals surface area contributed by atoms with Crippen LogP contribution in [0.15, 0.2) is 54.3 Å². The average Bonchev–Trinajstić information content (AvgIpc) is 2.42. The molecule has 0 bridgehead atoms. The number of ether oxygens (including phenoxy) is 1. The number of rotatable bonds is 5. The van der Waals surface area contributed by atoms with Crippen molar-refractivity contribution < 1.29 is 4.74 Å². The minimum Gasteiger partial charge on any atom is -0.485 e. The monoisotopic (exact) mass is 255 g/mol. The van der Waals surface area contributed by atoms with Crippen molar-refractivity contribution in [3.8, 4) is 11.8 Å². The van der Waals surface area contributed by atoms with Gasteiger partial charge >= 0.3 is 0 Å². The zero-order valence-corrected chi connectivity index (χ0v) is 11.9. The van der Waals surface area contributed by atoms with Crippen molar-refractivity contribution in [2.75, 3.05) is 27.2 Å². The molecule has 0 aliphatic heterocycles. The zero-order chi connectivity index (χ0) is 14.1. The Labute approximate surface area is 116 Å². The van der Waals surface area contributed by atoms with Gasteiger partial charge in [0.15, 0.2) is 5.76 Å². The summed E-state index contributed by atoms with van der Waals surface area (Å²) >= 11 is 0. The maximum absolute atomic E-state index is 5.63. The first kappa shape index (κ1) is 15.1. The van der Waals surface area contributed by atoms with Crippen LogP contribution in [-0.4, -0.2) is 32.1 Å². The molecule has 0 heterocycles. The number of hydrogen-bond donors (Lipinski definition) is 0. The van der Waals surface area contributed by atoms with Crippen molar-refractivity contribution in [2.45, 2.75) is 6.92 Å². The van der Waals surface area contributed by atoms with Crippen LogP contribution in [0.25, 0.3) is 0 Å². The maximum Gasteiger partial charge on any atom is 0.174 e. The smallest absolute Gasteiger partial charge is 0.174 e. The minimum atomic E-state index is 0.601. The van der Waals surface area contributed by atoms with Crippen molar-refractivity contribution in [1.82, 2.24) is 4.90 Å². The summed E-state index contributed by atoms with van der Waals surface area (Å²) in [5.41, 5.74) is 1.99. The van der Waals surface area contributed by atoms with Gasteiger partial charge in [-0.3, -0.25) is 0 Å². The van der Waals surface area contributed by atoms with Crippen LogP contribution in [0.3, 0.4) is 0 Å². The summed E-state index contributed by atoms with van der Waals surface area (Å²) in [4.78, 5) is 2.07. The third kappa shape index (κ3) is 5.46. The molecule has 19 heavy (non-hydrogen) atoms. The van der Waals surface area contributed by atoms with Gasteiger partial charge in [0, 0.05) is 17.7 Å². The lowest BCUT2D eigenvalue weighted by atomic mass is 10.2. The van der Waals surface area contributed by atoms with Crippen molar-refractivity contribution in [1.29, 1.82) is 0 Å². The summed E-state index contributed by atoms with van der Waals surface area (Å²) < 4.78 is 5.63. The Balaban J connectivity index is 3.03. The molecule has 0 aliphatic rings. The highest BCUT2D eigenvalue weighted by Crippen LogP contribution is 2.08. The molecule has 0 radical (unpaired) electrons. The van der Waals surface area contributed by atoms with Gasteiger partial charge in [0.25, 0.3) is 0 Å². The van der Waals surface area contributed by atoms with E-state index in [1.165, 1.54) is 0 Å². The topological polar surface area (TPSA) is 12.5 Å². The Bertz CT molecular complexity index is 489. The highest BCUT2D eigenvalue weighted by Gasteiger charge is 2.03. The van der Waals surface area contributed by atoms with Gasteiger partial charge in [-0.05, 0) is 39.1 Å². The normalized spacial score (nSPS) is 11.4. The quantitative estimate of drug-likeness (QED) is 0.455. The average molecular weight is 255 g/mol. The van der Waals surface area contributed by atoms with Gasteiger partial charge in [-0.25, -0.2) is 0 Å². The van der Waals surface area contributed by atoms with Crippen LogP contribution in [-0.2, 0) is 4.74 Å². The molecule has 0 saturated carbocycles. The van der Waals surface area contributed by atoms with Gasteiger partial charge in [0.05, 0.1) is 6.61 Å². The van der Waals surface area contributed by atoms with Gasteiger partial charge in [0.1, 0.15) is 0 Å². The van der Waals surface area contributed by atoms with Gasteiger partial charge in [-0.2, -0.15) is 0 Å². The van der Waals surface area contributed by atoms with Crippen LogP contribution >= 0.6 is 0 Å². The van der Waals surface area contributed by atoms with Gasteiger partial charge < -0.3 is 9.64 Å². The van der Waals surface area contributed by atoms with Crippen LogP contribution in [0.5, 0.6) is 0 Å². The molecule has 1 aromatic carbocycles. The Morgan fingerprint density at radius 1 is 1.32 bits per heavy atom. The minimum absolute atomic E-state index is 0.601. The Kier molecular flexibility index (Phi) is 6.49. The third-order valence-electron chi connectivity index (χ3n) is 2.41. The lowest BCUT2D eigenvalue weighted by Crippen LogP contribution is -2.16. The first-order chi connectivity index (χ1) is 9.17. The molecule has 0 unspecified atom stereocenters. The SMILES string of the molecule is C=C/C(CN(C)C)=C(/C#Cc1ccccc1)OCC. The van der Waals surface area contributed by atoms with Crippen LogP contribution in [0.2, 0.25) is 0 Å². The van der Waals surface area contributed by atoms with Gasteiger partial charge in [-0.1, -0.05) is 36.8 Å². The fraction of sp³-hybridized carbons (Fsp3) is 0.294. The van der Waals surface area contributed by atoms with E-state index in [1.54, 1.807) is 0 Å². The largest absolute Gasteiger partial charge is 0.485 e. The highest BCUT2D eigenvalue weighted by atomic mass is 16.5. The lowest BCUT2D eigenvalue weighted by molar-refractivity contribution is 0.241. The van der Waals surface area contributed by atoms with Crippen molar-refractivity contribution >= 4 is 0 Å². The summed E-state index contributed by atoms with van der Waals surface area (Å²) in [7, 11) is 4.02. The molecule has 0 atom stereocenters. The van der Waals surface area contributed by atoms with Crippen molar-refractivity contribution in [2.24, 2.45) is 0 Å². The van der Waals surface area contributed by atoms with Crippen LogP contribution in [0.1, 0.15) is 12.5 Å². The van der Waals surface area contributed by atoms with E-state index in [9.17, 15) is 0 Å². The van der Waals surface area contributed by atoms with E-state index in [4.69, 9.17) is 4.74 Å². The summed E-state index contributed by atoms with van der Waals surface area (Å²) in [5.74, 6) is 6.92. The summed E-state index contributed by atoms with van der Waals surface area (Å²) in [6.45, 7) is 7.17. The number of benzene rings is 1. The molecule has 2 nitrogen and oxygen atoms in total. The molecular weight excluding hydrogens is 234 g/mol. The van der Waals surface area contributed by atoms with E-state index in [1.807, 2.05) is 57.4 Å². The summed E-state index contributed by atoms with van der Waals surface area (Å²) in [5, 5.41) is 0. The fourth-order valence-corrected chi connectivity index (χ4v) is 1.57. The molecule has 0 fully saturated rings. The molecule has 100 valence electrons. The van der Waals surface area contributed by atoms with Gasteiger partial charge in [-0.15, -0.1) is 0 Å².